The van der Waals surface area contributed by atoms with E-state index in [4.69, 9.17) is 0 Å². The van der Waals surface area contributed by atoms with Crippen molar-refractivity contribution in [3.63, 3.8) is 0 Å². The van der Waals surface area contributed by atoms with Crippen LogP contribution in [0, 0.1) is 13.8 Å². The van der Waals surface area contributed by atoms with Crippen molar-refractivity contribution in [2.24, 2.45) is 0 Å². The minimum atomic E-state index is -4.82. The molecule has 3 N–H and O–H groups in total. The van der Waals surface area contributed by atoms with Gasteiger partial charge in [0.2, 0.25) is 0 Å². The van der Waals surface area contributed by atoms with Crippen LogP contribution in [0.3, 0.4) is 0 Å². The summed E-state index contributed by atoms with van der Waals surface area (Å²) in [6, 6.07) is 4.02. The van der Waals surface area contributed by atoms with Gasteiger partial charge in [-0.3, -0.25) is 5.10 Å². The Labute approximate surface area is 131 Å². The number of amides is 2. The van der Waals surface area contributed by atoms with E-state index in [2.05, 4.69) is 20.8 Å². The number of aryl methyl sites for hydroxylation is 2. The molecule has 0 bridgehead atoms. The first-order valence-electron chi connectivity index (χ1n) is 6.36. The van der Waals surface area contributed by atoms with Crippen LogP contribution in [0.1, 0.15) is 11.4 Å². The van der Waals surface area contributed by atoms with E-state index in [1.807, 2.05) is 0 Å². The maximum absolute atomic E-state index is 12.3. The van der Waals surface area contributed by atoms with Crippen molar-refractivity contribution in [3.8, 4) is 0 Å². The quantitative estimate of drug-likeness (QED) is 0.797. The summed E-state index contributed by atoms with van der Waals surface area (Å²) in [7, 11) is -3.09. The average molecular weight is 346 g/mol. The van der Waals surface area contributed by atoms with Gasteiger partial charge in [-0.2, -0.15) is 18.3 Å². The number of aromatic amines is 1. The fraction of sp³-hybridized carbons (Fsp3) is 0.231. The summed E-state index contributed by atoms with van der Waals surface area (Å²) in [5.74, 6) is 0. The monoisotopic (exact) mass is 346 g/mol. The Kier molecular flexibility index (Phi) is 4.73. The molecule has 0 aliphatic carbocycles. The van der Waals surface area contributed by atoms with Crippen molar-refractivity contribution in [2.45, 2.75) is 24.3 Å². The summed E-state index contributed by atoms with van der Waals surface area (Å²) in [5.41, 5.74) is -2.74. The van der Waals surface area contributed by atoms with Crippen LogP contribution in [-0.2, 0) is 10.8 Å². The van der Waals surface area contributed by atoms with Crippen LogP contribution in [0.15, 0.2) is 29.2 Å². The second kappa shape index (κ2) is 6.41. The molecule has 1 heterocycles. The smallest absolute Gasteiger partial charge is 0.308 e. The molecule has 0 radical (unpaired) electrons. The number of benzene rings is 1. The zero-order valence-electron chi connectivity index (χ0n) is 12.1. The third-order valence-electron chi connectivity index (χ3n) is 2.90. The molecule has 0 saturated carbocycles. The van der Waals surface area contributed by atoms with Gasteiger partial charge in [0.25, 0.3) is 0 Å². The van der Waals surface area contributed by atoms with E-state index in [0.29, 0.717) is 17.1 Å². The first kappa shape index (κ1) is 17.0. The molecule has 10 heteroatoms. The average Bonchev–Trinajstić information content (AvgIpc) is 2.78. The Morgan fingerprint density at radius 3 is 2.26 bits per heavy atom. The highest BCUT2D eigenvalue weighted by Gasteiger charge is 2.37. The molecule has 0 aliphatic rings. The number of hydrogen-bond acceptors (Lipinski definition) is 3. The van der Waals surface area contributed by atoms with Gasteiger partial charge in [0.15, 0.2) is 10.8 Å². The van der Waals surface area contributed by atoms with Gasteiger partial charge in [0.05, 0.1) is 17.1 Å². The fourth-order valence-electron chi connectivity index (χ4n) is 1.81. The number of hydrogen-bond donors (Lipinski definition) is 3. The number of alkyl halides is 3. The zero-order chi connectivity index (χ0) is 17.2. The van der Waals surface area contributed by atoms with E-state index in [-0.39, 0.29) is 10.6 Å². The second-order valence-corrected chi connectivity index (χ2v) is 6.10. The number of H-pyrrole nitrogens is 1. The standard InChI is InChI=1S/C13H13F3N4O2S/c1-7-11(8(2)20-19-7)18-12(21)17-9-3-5-10(6-4-9)23(22)13(14,15)16/h3-6H,1-2H3,(H,19,20)(H2,17,18,21)/t23-/m0/s1. The lowest BCUT2D eigenvalue weighted by Gasteiger charge is -2.09. The molecule has 2 aromatic rings. The van der Waals surface area contributed by atoms with Gasteiger partial charge in [-0.15, -0.1) is 0 Å². The molecule has 0 saturated heterocycles. The van der Waals surface area contributed by atoms with E-state index < -0.39 is 22.3 Å². The normalized spacial score (nSPS) is 12.7. The van der Waals surface area contributed by atoms with Gasteiger partial charge in [-0.05, 0) is 38.1 Å². The van der Waals surface area contributed by atoms with Crippen LogP contribution >= 0.6 is 0 Å². The van der Waals surface area contributed by atoms with E-state index >= 15 is 0 Å². The highest BCUT2D eigenvalue weighted by Crippen LogP contribution is 2.27. The molecular weight excluding hydrogens is 333 g/mol. The number of nitrogens with one attached hydrogen (secondary N) is 3. The van der Waals surface area contributed by atoms with Gasteiger partial charge >= 0.3 is 11.5 Å². The highest BCUT2D eigenvalue weighted by molar-refractivity contribution is 7.86. The molecule has 1 aromatic carbocycles. The molecular formula is C13H13F3N4O2S. The molecule has 23 heavy (non-hydrogen) atoms. The molecule has 0 fully saturated rings. The van der Waals surface area contributed by atoms with Crippen molar-refractivity contribution in [1.29, 1.82) is 0 Å². The Morgan fingerprint density at radius 1 is 1.17 bits per heavy atom. The second-order valence-electron chi connectivity index (χ2n) is 4.63. The Bertz CT molecular complexity index is 721. The van der Waals surface area contributed by atoms with Crippen molar-refractivity contribution in [2.75, 3.05) is 10.6 Å². The van der Waals surface area contributed by atoms with Gasteiger partial charge in [0.1, 0.15) is 0 Å². The Morgan fingerprint density at radius 2 is 1.78 bits per heavy atom. The van der Waals surface area contributed by atoms with Crippen LogP contribution in [0.25, 0.3) is 0 Å². The van der Waals surface area contributed by atoms with E-state index in [0.717, 1.165) is 12.1 Å². The largest absolute Gasteiger partial charge is 0.475 e. The van der Waals surface area contributed by atoms with Crippen LogP contribution in [0.2, 0.25) is 0 Å². The van der Waals surface area contributed by atoms with Crippen LogP contribution in [-0.4, -0.2) is 25.9 Å². The Balaban J connectivity index is 2.04. The molecule has 2 amide bonds. The lowest BCUT2D eigenvalue weighted by atomic mass is 10.3. The first-order chi connectivity index (χ1) is 10.7. The van der Waals surface area contributed by atoms with Crippen LogP contribution in [0.5, 0.6) is 0 Å². The molecule has 0 aliphatic heterocycles. The van der Waals surface area contributed by atoms with Crippen LogP contribution in [0.4, 0.5) is 29.3 Å². The maximum atomic E-state index is 12.3. The zero-order valence-corrected chi connectivity index (χ0v) is 12.9. The minimum Gasteiger partial charge on any atom is -0.308 e. The number of halogens is 3. The molecule has 6 nitrogen and oxygen atoms in total. The predicted octanol–water partition coefficient (Wildman–Crippen LogP) is 3.30. The summed E-state index contributed by atoms with van der Waals surface area (Å²) in [6.07, 6.45) is 0. The minimum absolute atomic E-state index is 0.268. The third-order valence-corrected chi connectivity index (χ3v) is 4.02. The summed E-state index contributed by atoms with van der Waals surface area (Å²) in [5, 5.41) is 11.7. The van der Waals surface area contributed by atoms with Crippen molar-refractivity contribution in [3.05, 3.63) is 35.7 Å². The number of carbonyl (C=O) groups is 1. The van der Waals surface area contributed by atoms with E-state index in [1.165, 1.54) is 12.1 Å². The van der Waals surface area contributed by atoms with E-state index in [1.54, 1.807) is 13.8 Å². The predicted molar refractivity (Wildman–Crippen MR) is 79.6 cm³/mol. The fourth-order valence-corrected chi connectivity index (χ4v) is 2.46. The van der Waals surface area contributed by atoms with Crippen LogP contribution < -0.4 is 10.6 Å². The topological polar surface area (TPSA) is 86.9 Å². The number of anilines is 2. The van der Waals surface area contributed by atoms with E-state index in [9.17, 15) is 22.2 Å². The summed E-state index contributed by atoms with van der Waals surface area (Å²) in [4.78, 5) is 11.5. The van der Waals surface area contributed by atoms with Gasteiger partial charge in [-0.1, -0.05) is 0 Å². The number of urea groups is 1. The van der Waals surface area contributed by atoms with Gasteiger partial charge in [-0.25, -0.2) is 9.00 Å². The van der Waals surface area contributed by atoms with Gasteiger partial charge < -0.3 is 10.6 Å². The molecule has 0 spiro atoms. The summed E-state index contributed by atoms with van der Waals surface area (Å²) >= 11 is 0. The third kappa shape index (κ3) is 4.09. The number of carbonyl (C=O) groups excluding carboxylic acids is 1. The van der Waals surface area contributed by atoms with Crippen molar-refractivity contribution >= 4 is 28.2 Å². The molecule has 2 rings (SSSR count). The van der Waals surface area contributed by atoms with Crippen molar-refractivity contribution in [1.82, 2.24) is 10.2 Å². The SMILES string of the molecule is Cc1n[nH]c(C)c1NC(=O)Nc1ccc([S@](=O)C(F)(F)F)cc1. The molecule has 124 valence electrons. The lowest BCUT2D eigenvalue weighted by Crippen LogP contribution is -2.20. The van der Waals surface area contributed by atoms with Gasteiger partial charge in [0, 0.05) is 10.6 Å². The first-order valence-corrected chi connectivity index (χ1v) is 7.51. The maximum Gasteiger partial charge on any atom is 0.475 e. The Hall–Kier alpha value is -2.36. The van der Waals surface area contributed by atoms with Crippen molar-refractivity contribution < 1.29 is 22.2 Å². The number of rotatable bonds is 3. The lowest BCUT2D eigenvalue weighted by molar-refractivity contribution is -0.0384. The highest BCUT2D eigenvalue weighted by atomic mass is 32.2. The molecule has 0 unspecified atom stereocenters. The number of nitrogens with zero attached hydrogens (tertiary/aromatic N) is 1. The summed E-state index contributed by atoms with van der Waals surface area (Å²) in [6.45, 7) is 3.44. The number of aromatic nitrogens is 2. The molecule has 1 aromatic heterocycles. The molecule has 1 atom stereocenters. The summed E-state index contributed by atoms with van der Waals surface area (Å²) < 4.78 is 48.2.